The second-order valence-electron chi connectivity index (χ2n) is 8.14. The molecular formula is C22H27FN2O3S. The summed E-state index contributed by atoms with van der Waals surface area (Å²) >= 11 is 0. The summed E-state index contributed by atoms with van der Waals surface area (Å²) < 4.78 is 40.8. The third kappa shape index (κ3) is 4.85. The minimum Gasteiger partial charge on any atom is -0.352 e. The molecule has 1 amide bonds. The number of hydrogen-bond acceptors (Lipinski definition) is 3. The zero-order valence-corrected chi connectivity index (χ0v) is 17.9. The zero-order valence-electron chi connectivity index (χ0n) is 17.0. The summed E-state index contributed by atoms with van der Waals surface area (Å²) in [5.74, 6) is -0.520. The van der Waals surface area contributed by atoms with Crippen LogP contribution >= 0.6 is 0 Å². The lowest BCUT2D eigenvalue weighted by Gasteiger charge is -2.38. The van der Waals surface area contributed by atoms with Gasteiger partial charge in [-0.15, -0.1) is 0 Å². The zero-order chi connectivity index (χ0) is 21.2. The van der Waals surface area contributed by atoms with Crippen molar-refractivity contribution in [3.8, 4) is 0 Å². The number of sulfonamides is 1. The fourth-order valence-corrected chi connectivity index (χ4v) is 5.60. The molecule has 1 heterocycles. The van der Waals surface area contributed by atoms with Crippen molar-refractivity contribution in [2.24, 2.45) is 5.41 Å². The molecule has 0 spiro atoms. The Morgan fingerprint density at radius 3 is 2.38 bits per heavy atom. The maximum atomic E-state index is 13.2. The molecule has 5 nitrogen and oxygen atoms in total. The summed E-state index contributed by atoms with van der Waals surface area (Å²) in [6.45, 7) is 6.35. The SMILES string of the molecule is Cc1cc(C)cc(S(=O)(=O)N2CCC[C@@](C)(C(=O)NCc3ccc(F)cc3)C2)c1. The predicted molar refractivity (Wildman–Crippen MR) is 110 cm³/mol. The van der Waals surface area contributed by atoms with Gasteiger partial charge in [-0.05, 0) is 74.6 Å². The highest BCUT2D eigenvalue weighted by atomic mass is 32.2. The molecule has 29 heavy (non-hydrogen) atoms. The number of halogens is 1. The molecule has 3 rings (SSSR count). The van der Waals surface area contributed by atoms with Gasteiger partial charge >= 0.3 is 0 Å². The van der Waals surface area contributed by atoms with Gasteiger partial charge in [0.05, 0.1) is 10.3 Å². The normalized spacial score (nSPS) is 20.4. The van der Waals surface area contributed by atoms with Gasteiger partial charge in [0.25, 0.3) is 0 Å². The van der Waals surface area contributed by atoms with Crippen molar-refractivity contribution in [1.29, 1.82) is 0 Å². The number of rotatable bonds is 5. The average molecular weight is 419 g/mol. The van der Waals surface area contributed by atoms with Crippen LogP contribution in [-0.2, 0) is 21.4 Å². The number of nitrogens with one attached hydrogen (secondary N) is 1. The Hall–Kier alpha value is -2.25. The van der Waals surface area contributed by atoms with Gasteiger partial charge in [-0.2, -0.15) is 4.31 Å². The number of nitrogens with zero attached hydrogens (tertiary/aromatic N) is 1. The molecule has 2 aromatic carbocycles. The van der Waals surface area contributed by atoms with Gasteiger partial charge in [0.15, 0.2) is 0 Å². The van der Waals surface area contributed by atoms with E-state index < -0.39 is 15.4 Å². The molecule has 1 aliphatic rings. The Labute approximate surface area is 172 Å². The van der Waals surface area contributed by atoms with E-state index in [1.165, 1.54) is 16.4 Å². The van der Waals surface area contributed by atoms with Gasteiger partial charge in [0, 0.05) is 19.6 Å². The van der Waals surface area contributed by atoms with Crippen molar-refractivity contribution in [2.45, 2.75) is 45.1 Å². The van der Waals surface area contributed by atoms with Gasteiger partial charge < -0.3 is 5.32 Å². The van der Waals surface area contributed by atoms with Crippen molar-refractivity contribution >= 4 is 15.9 Å². The first-order chi connectivity index (χ1) is 13.6. The second-order valence-corrected chi connectivity index (χ2v) is 10.1. The summed E-state index contributed by atoms with van der Waals surface area (Å²) in [6, 6.07) is 11.2. The minimum atomic E-state index is -3.67. The van der Waals surface area contributed by atoms with Crippen LogP contribution in [0.15, 0.2) is 47.4 Å². The molecule has 0 unspecified atom stereocenters. The standard InChI is InChI=1S/C22H27FN2O3S/c1-16-11-17(2)13-20(12-16)29(27,28)25-10-4-9-22(3,15-25)21(26)24-14-18-5-7-19(23)8-6-18/h5-8,11-13H,4,9-10,14-15H2,1-3H3,(H,24,26)/t22-/m1/s1. The topological polar surface area (TPSA) is 66.5 Å². The molecule has 1 fully saturated rings. The van der Waals surface area contributed by atoms with Gasteiger partial charge in [0.2, 0.25) is 15.9 Å². The van der Waals surface area contributed by atoms with E-state index in [4.69, 9.17) is 0 Å². The second kappa shape index (κ2) is 8.24. The van der Waals surface area contributed by atoms with Gasteiger partial charge in [0.1, 0.15) is 5.82 Å². The Kier molecular flexibility index (Phi) is 6.10. The first kappa shape index (κ1) is 21.5. The molecular weight excluding hydrogens is 391 g/mol. The highest BCUT2D eigenvalue weighted by molar-refractivity contribution is 7.89. The first-order valence-electron chi connectivity index (χ1n) is 9.71. The molecule has 0 aromatic heterocycles. The van der Waals surface area contributed by atoms with E-state index in [0.717, 1.165) is 16.7 Å². The fraction of sp³-hybridized carbons (Fsp3) is 0.409. The van der Waals surface area contributed by atoms with Gasteiger partial charge in [-0.1, -0.05) is 18.2 Å². The summed E-state index contributed by atoms with van der Waals surface area (Å²) in [6.07, 6.45) is 1.23. The van der Waals surface area contributed by atoms with E-state index >= 15 is 0 Å². The summed E-state index contributed by atoms with van der Waals surface area (Å²) in [7, 11) is -3.67. The van der Waals surface area contributed by atoms with E-state index in [1.54, 1.807) is 31.2 Å². The van der Waals surface area contributed by atoms with Crippen molar-refractivity contribution in [2.75, 3.05) is 13.1 Å². The van der Waals surface area contributed by atoms with Crippen molar-refractivity contribution in [1.82, 2.24) is 9.62 Å². The number of carbonyl (C=O) groups is 1. The summed E-state index contributed by atoms with van der Waals surface area (Å²) in [5, 5.41) is 2.88. The van der Waals surface area contributed by atoms with Crippen LogP contribution in [0.3, 0.4) is 0 Å². The van der Waals surface area contributed by atoms with Crippen molar-refractivity contribution in [3.05, 3.63) is 65.0 Å². The van der Waals surface area contributed by atoms with E-state index in [0.29, 0.717) is 19.4 Å². The molecule has 7 heteroatoms. The molecule has 1 saturated heterocycles. The lowest BCUT2D eigenvalue weighted by molar-refractivity contribution is -0.132. The van der Waals surface area contributed by atoms with Crippen LogP contribution < -0.4 is 5.32 Å². The van der Waals surface area contributed by atoms with Crippen LogP contribution in [0.2, 0.25) is 0 Å². The van der Waals surface area contributed by atoms with Crippen LogP contribution in [0.5, 0.6) is 0 Å². The average Bonchev–Trinajstić information content (AvgIpc) is 2.66. The maximum absolute atomic E-state index is 13.2. The van der Waals surface area contributed by atoms with Crippen LogP contribution in [0.1, 0.15) is 36.5 Å². The number of hydrogen-bond donors (Lipinski definition) is 1. The van der Waals surface area contributed by atoms with Crippen LogP contribution in [-0.4, -0.2) is 31.7 Å². The molecule has 0 aliphatic carbocycles. The Bertz CT molecular complexity index is 985. The molecule has 1 N–H and O–H groups in total. The Balaban J connectivity index is 1.74. The Morgan fingerprint density at radius 2 is 1.76 bits per heavy atom. The van der Waals surface area contributed by atoms with Crippen LogP contribution in [0.4, 0.5) is 4.39 Å². The Morgan fingerprint density at radius 1 is 1.14 bits per heavy atom. The molecule has 0 radical (unpaired) electrons. The summed E-state index contributed by atoms with van der Waals surface area (Å²) in [4.78, 5) is 13.1. The van der Waals surface area contributed by atoms with Gasteiger partial charge in [-0.25, -0.2) is 12.8 Å². The minimum absolute atomic E-state index is 0.136. The maximum Gasteiger partial charge on any atom is 0.243 e. The molecule has 1 atom stereocenters. The monoisotopic (exact) mass is 418 g/mol. The molecule has 0 saturated carbocycles. The van der Waals surface area contributed by atoms with Crippen LogP contribution in [0.25, 0.3) is 0 Å². The number of aryl methyl sites for hydroxylation is 2. The van der Waals surface area contributed by atoms with Crippen molar-refractivity contribution in [3.63, 3.8) is 0 Å². The quantitative estimate of drug-likeness (QED) is 0.808. The highest BCUT2D eigenvalue weighted by Crippen LogP contribution is 2.33. The lowest BCUT2D eigenvalue weighted by atomic mass is 9.82. The third-order valence-electron chi connectivity index (χ3n) is 5.41. The number of amides is 1. The first-order valence-corrected chi connectivity index (χ1v) is 11.2. The number of benzene rings is 2. The van der Waals surface area contributed by atoms with Crippen molar-refractivity contribution < 1.29 is 17.6 Å². The molecule has 156 valence electrons. The molecule has 0 bridgehead atoms. The lowest BCUT2D eigenvalue weighted by Crippen LogP contribution is -2.51. The largest absolute Gasteiger partial charge is 0.352 e. The number of carbonyl (C=O) groups excluding carboxylic acids is 1. The fourth-order valence-electron chi connectivity index (χ4n) is 3.81. The summed E-state index contributed by atoms with van der Waals surface area (Å²) in [5.41, 5.74) is 1.75. The van der Waals surface area contributed by atoms with Gasteiger partial charge in [-0.3, -0.25) is 4.79 Å². The third-order valence-corrected chi connectivity index (χ3v) is 7.23. The van der Waals surface area contributed by atoms with E-state index in [2.05, 4.69) is 5.32 Å². The van der Waals surface area contributed by atoms with E-state index in [9.17, 15) is 17.6 Å². The van der Waals surface area contributed by atoms with E-state index in [-0.39, 0.29) is 29.7 Å². The number of piperidine rings is 1. The smallest absolute Gasteiger partial charge is 0.243 e. The highest BCUT2D eigenvalue weighted by Gasteiger charge is 2.41. The van der Waals surface area contributed by atoms with E-state index in [1.807, 2.05) is 19.9 Å². The predicted octanol–water partition coefficient (Wildman–Crippen LogP) is 3.55. The molecule has 2 aromatic rings. The molecule has 1 aliphatic heterocycles. The van der Waals surface area contributed by atoms with Crippen LogP contribution in [0, 0.1) is 25.1 Å².